The van der Waals surface area contributed by atoms with Crippen molar-refractivity contribution in [2.45, 2.75) is 39.0 Å². The maximum Gasteiger partial charge on any atom is 0.227 e. The summed E-state index contributed by atoms with van der Waals surface area (Å²) in [6, 6.07) is 16.0. The van der Waals surface area contributed by atoms with Gasteiger partial charge in [-0.1, -0.05) is 44.2 Å². The lowest BCUT2D eigenvalue weighted by atomic mass is 9.81. The highest BCUT2D eigenvalue weighted by atomic mass is 16.2. The summed E-state index contributed by atoms with van der Waals surface area (Å²) in [5.74, 6) is 0.445. The largest absolute Gasteiger partial charge is 0.342 e. The molecule has 0 spiro atoms. The van der Waals surface area contributed by atoms with E-state index in [1.54, 1.807) is 24.8 Å². The Bertz CT molecular complexity index is 1080. The van der Waals surface area contributed by atoms with Crippen LogP contribution in [0.15, 0.2) is 73.3 Å². The van der Waals surface area contributed by atoms with Crippen molar-refractivity contribution in [3.63, 3.8) is 0 Å². The van der Waals surface area contributed by atoms with E-state index >= 15 is 0 Å². The van der Waals surface area contributed by atoms with Crippen molar-refractivity contribution >= 4 is 11.7 Å². The SMILES string of the molecule is CC(C)CC(C(=O)C1CCN(C(=O)Cc2cccnc2)C1)c1cccc(-c2ccncc2)c1. The molecule has 0 bridgehead atoms. The highest BCUT2D eigenvalue weighted by molar-refractivity contribution is 5.90. The van der Waals surface area contributed by atoms with Gasteiger partial charge in [-0.3, -0.25) is 19.6 Å². The molecule has 33 heavy (non-hydrogen) atoms. The first-order chi connectivity index (χ1) is 16.0. The number of amides is 1. The van der Waals surface area contributed by atoms with Gasteiger partial charge >= 0.3 is 0 Å². The molecule has 2 aromatic heterocycles. The average Bonchev–Trinajstić information content (AvgIpc) is 3.34. The third kappa shape index (κ3) is 5.72. The van der Waals surface area contributed by atoms with E-state index in [0.717, 1.165) is 35.1 Å². The second-order valence-corrected chi connectivity index (χ2v) is 9.31. The lowest BCUT2D eigenvalue weighted by molar-refractivity contribution is -0.130. The van der Waals surface area contributed by atoms with Crippen LogP contribution in [0.4, 0.5) is 0 Å². The number of aromatic nitrogens is 2. The normalized spacial score (nSPS) is 16.7. The minimum atomic E-state index is -0.162. The summed E-state index contributed by atoms with van der Waals surface area (Å²) in [6.07, 6.45) is 8.87. The number of benzene rings is 1. The molecule has 5 heteroatoms. The van der Waals surface area contributed by atoms with Crippen LogP contribution in [0.1, 0.15) is 43.7 Å². The molecule has 3 heterocycles. The molecular formula is C28H31N3O2. The van der Waals surface area contributed by atoms with Crippen molar-refractivity contribution in [3.8, 4) is 11.1 Å². The number of nitrogens with zero attached hydrogens (tertiary/aromatic N) is 3. The van der Waals surface area contributed by atoms with E-state index in [1.165, 1.54) is 0 Å². The Morgan fingerprint density at radius 2 is 1.82 bits per heavy atom. The van der Waals surface area contributed by atoms with Crippen molar-refractivity contribution in [2.24, 2.45) is 11.8 Å². The van der Waals surface area contributed by atoms with Crippen molar-refractivity contribution in [1.29, 1.82) is 0 Å². The number of hydrogen-bond donors (Lipinski definition) is 0. The van der Waals surface area contributed by atoms with Crippen molar-refractivity contribution < 1.29 is 9.59 Å². The number of ketones is 1. The van der Waals surface area contributed by atoms with Crippen molar-refractivity contribution in [3.05, 3.63) is 84.4 Å². The van der Waals surface area contributed by atoms with Gasteiger partial charge in [0.1, 0.15) is 5.78 Å². The van der Waals surface area contributed by atoms with Crippen LogP contribution in [0.25, 0.3) is 11.1 Å². The third-order valence-electron chi connectivity index (χ3n) is 6.37. The standard InChI is InChI=1S/C28H31N3O2/c1-20(2)15-26(24-7-3-6-23(17-24)22-8-12-29-13-9-22)28(33)25-10-14-31(19-25)27(32)16-21-5-4-11-30-18-21/h3-9,11-13,17-18,20,25-26H,10,14-16,19H2,1-2H3. The Hall–Kier alpha value is -3.34. The van der Waals surface area contributed by atoms with Crippen LogP contribution in [0.2, 0.25) is 0 Å². The number of hydrogen-bond acceptors (Lipinski definition) is 4. The van der Waals surface area contributed by atoms with Crippen LogP contribution in [-0.4, -0.2) is 39.6 Å². The fourth-order valence-corrected chi connectivity index (χ4v) is 4.66. The molecule has 1 aromatic carbocycles. The molecule has 1 amide bonds. The van der Waals surface area contributed by atoms with Gasteiger partial charge in [-0.15, -0.1) is 0 Å². The molecular weight excluding hydrogens is 410 g/mol. The van der Waals surface area contributed by atoms with Gasteiger partial charge in [0, 0.05) is 49.7 Å². The van der Waals surface area contributed by atoms with E-state index in [2.05, 4.69) is 42.0 Å². The minimum Gasteiger partial charge on any atom is -0.342 e. The van der Waals surface area contributed by atoms with E-state index in [9.17, 15) is 9.59 Å². The van der Waals surface area contributed by atoms with Crippen LogP contribution in [0.5, 0.6) is 0 Å². The van der Waals surface area contributed by atoms with Crippen LogP contribution in [0.3, 0.4) is 0 Å². The van der Waals surface area contributed by atoms with E-state index in [0.29, 0.717) is 25.4 Å². The second kappa shape index (κ2) is 10.5. The summed E-state index contributed by atoms with van der Waals surface area (Å²) in [6.45, 7) is 5.47. The van der Waals surface area contributed by atoms with Gasteiger partial charge in [0.15, 0.2) is 0 Å². The Kier molecular flexibility index (Phi) is 7.28. The zero-order chi connectivity index (χ0) is 23.2. The van der Waals surface area contributed by atoms with Gasteiger partial charge < -0.3 is 4.90 Å². The molecule has 1 saturated heterocycles. The Balaban J connectivity index is 1.49. The van der Waals surface area contributed by atoms with Gasteiger partial charge in [0.2, 0.25) is 5.91 Å². The van der Waals surface area contributed by atoms with E-state index in [1.807, 2.05) is 35.2 Å². The highest BCUT2D eigenvalue weighted by Crippen LogP contribution is 2.33. The Morgan fingerprint density at radius 1 is 1.00 bits per heavy atom. The lowest BCUT2D eigenvalue weighted by Gasteiger charge is -2.23. The van der Waals surface area contributed by atoms with Gasteiger partial charge in [-0.2, -0.15) is 0 Å². The fourth-order valence-electron chi connectivity index (χ4n) is 4.66. The summed E-state index contributed by atoms with van der Waals surface area (Å²) in [7, 11) is 0. The molecule has 2 atom stereocenters. The maximum atomic E-state index is 13.7. The monoisotopic (exact) mass is 441 g/mol. The number of carbonyl (C=O) groups excluding carboxylic acids is 2. The number of rotatable bonds is 8. The van der Waals surface area contributed by atoms with Crippen LogP contribution >= 0.6 is 0 Å². The molecule has 3 aromatic rings. The summed E-state index contributed by atoms with van der Waals surface area (Å²) < 4.78 is 0. The van der Waals surface area contributed by atoms with Gasteiger partial charge in [-0.25, -0.2) is 0 Å². The third-order valence-corrected chi connectivity index (χ3v) is 6.37. The summed E-state index contributed by atoms with van der Waals surface area (Å²) >= 11 is 0. The number of pyridine rings is 2. The van der Waals surface area contributed by atoms with Crippen molar-refractivity contribution in [1.82, 2.24) is 14.9 Å². The summed E-state index contributed by atoms with van der Waals surface area (Å²) in [5, 5.41) is 0. The molecule has 1 aliphatic heterocycles. The number of likely N-dealkylation sites (tertiary alicyclic amines) is 1. The summed E-state index contributed by atoms with van der Waals surface area (Å²) in [4.78, 5) is 36.5. The first-order valence-electron chi connectivity index (χ1n) is 11.7. The molecule has 2 unspecified atom stereocenters. The van der Waals surface area contributed by atoms with E-state index in [4.69, 9.17) is 0 Å². The number of Topliss-reactive ketones (excluding diaryl/α,β-unsaturated/α-hetero) is 1. The molecule has 0 saturated carbocycles. The minimum absolute atomic E-state index is 0.0680. The van der Waals surface area contributed by atoms with Crippen LogP contribution in [-0.2, 0) is 16.0 Å². The van der Waals surface area contributed by atoms with Crippen LogP contribution < -0.4 is 0 Å². The molecule has 170 valence electrons. The zero-order valence-corrected chi connectivity index (χ0v) is 19.4. The topological polar surface area (TPSA) is 63.2 Å². The summed E-state index contributed by atoms with van der Waals surface area (Å²) in [5.41, 5.74) is 4.15. The Morgan fingerprint density at radius 3 is 2.55 bits per heavy atom. The second-order valence-electron chi connectivity index (χ2n) is 9.31. The number of carbonyl (C=O) groups is 2. The molecule has 0 N–H and O–H groups in total. The van der Waals surface area contributed by atoms with Gasteiger partial charge in [-0.05, 0) is 59.2 Å². The average molecular weight is 442 g/mol. The van der Waals surface area contributed by atoms with E-state index in [-0.39, 0.29) is 23.5 Å². The molecule has 0 aliphatic carbocycles. The molecule has 1 aliphatic rings. The zero-order valence-electron chi connectivity index (χ0n) is 19.4. The molecule has 5 nitrogen and oxygen atoms in total. The van der Waals surface area contributed by atoms with Gasteiger partial charge in [0.25, 0.3) is 0 Å². The molecule has 0 radical (unpaired) electrons. The molecule has 4 rings (SSSR count). The first-order valence-corrected chi connectivity index (χ1v) is 11.7. The molecule has 1 fully saturated rings. The lowest BCUT2D eigenvalue weighted by Crippen LogP contribution is -2.32. The maximum absolute atomic E-state index is 13.7. The smallest absolute Gasteiger partial charge is 0.227 e. The predicted molar refractivity (Wildman–Crippen MR) is 130 cm³/mol. The first kappa shape index (κ1) is 22.8. The quantitative estimate of drug-likeness (QED) is 0.497. The predicted octanol–water partition coefficient (Wildman–Crippen LogP) is 4.93. The Labute approximate surface area is 195 Å². The fraction of sp³-hybridized carbons (Fsp3) is 0.357. The van der Waals surface area contributed by atoms with Crippen LogP contribution in [0, 0.1) is 11.8 Å². The van der Waals surface area contributed by atoms with Gasteiger partial charge in [0.05, 0.1) is 6.42 Å². The highest BCUT2D eigenvalue weighted by Gasteiger charge is 2.35. The van der Waals surface area contributed by atoms with Crippen molar-refractivity contribution in [2.75, 3.05) is 13.1 Å². The van der Waals surface area contributed by atoms with E-state index < -0.39 is 0 Å².